The molecule has 5 heteroatoms. The summed E-state index contributed by atoms with van der Waals surface area (Å²) in [4.78, 5) is 6.31. The molecule has 19 heavy (non-hydrogen) atoms. The van der Waals surface area contributed by atoms with Crippen LogP contribution in [0.2, 0.25) is 0 Å². The normalized spacial score (nSPS) is 12.1. The van der Waals surface area contributed by atoms with E-state index >= 15 is 0 Å². The second kappa shape index (κ2) is 5.50. The van der Waals surface area contributed by atoms with Crippen molar-refractivity contribution in [1.82, 2.24) is 15.0 Å². The Morgan fingerprint density at radius 1 is 1.26 bits per heavy atom. The van der Waals surface area contributed by atoms with Crippen LogP contribution < -0.4 is 0 Å². The molecule has 0 spiro atoms. The number of rotatable bonds is 5. The molecule has 0 aliphatic heterocycles. The number of aromatic nitrogens is 2. The highest BCUT2D eigenvalue weighted by atomic mass is 16.5. The van der Waals surface area contributed by atoms with Crippen molar-refractivity contribution in [3.63, 3.8) is 0 Å². The van der Waals surface area contributed by atoms with Crippen LogP contribution in [0.4, 0.5) is 0 Å². The van der Waals surface area contributed by atoms with Gasteiger partial charge in [0.05, 0.1) is 12.1 Å². The van der Waals surface area contributed by atoms with Crippen molar-refractivity contribution < 1.29 is 9.63 Å². The first-order valence-electron chi connectivity index (χ1n) is 6.23. The molecule has 0 amide bonds. The Balaban J connectivity index is 2.02. The van der Waals surface area contributed by atoms with Crippen LogP contribution in [0.3, 0.4) is 0 Å². The van der Waals surface area contributed by atoms with Gasteiger partial charge in [-0.3, -0.25) is 4.90 Å². The zero-order valence-electron chi connectivity index (χ0n) is 11.5. The molecule has 1 heterocycles. The molecule has 0 fully saturated rings. The molecule has 0 saturated heterocycles. The average molecular weight is 261 g/mol. The maximum atomic E-state index is 9.74. The first-order chi connectivity index (χ1) is 8.94. The summed E-state index contributed by atoms with van der Waals surface area (Å²) in [6.45, 7) is 4.63. The van der Waals surface area contributed by atoms with E-state index in [2.05, 4.69) is 10.1 Å². The minimum absolute atomic E-state index is 0.521. The zero-order valence-corrected chi connectivity index (χ0v) is 11.5. The minimum Gasteiger partial charge on any atom is -0.389 e. The first-order valence-corrected chi connectivity index (χ1v) is 6.23. The summed E-state index contributed by atoms with van der Waals surface area (Å²) in [6.07, 6.45) is 0. The third-order valence-electron chi connectivity index (χ3n) is 2.56. The molecule has 1 N–H and O–H groups in total. The van der Waals surface area contributed by atoms with E-state index in [1.54, 1.807) is 13.8 Å². The van der Waals surface area contributed by atoms with E-state index in [1.165, 1.54) is 0 Å². The van der Waals surface area contributed by atoms with E-state index in [9.17, 15) is 5.11 Å². The van der Waals surface area contributed by atoms with Crippen LogP contribution in [0.5, 0.6) is 0 Å². The van der Waals surface area contributed by atoms with E-state index in [0.29, 0.717) is 24.8 Å². The molecule has 0 saturated carbocycles. The number of aliphatic hydroxyl groups is 1. The van der Waals surface area contributed by atoms with Gasteiger partial charge in [-0.05, 0) is 33.0 Å². The van der Waals surface area contributed by atoms with Crippen molar-refractivity contribution in [3.05, 3.63) is 36.2 Å². The molecule has 0 bridgehead atoms. The summed E-state index contributed by atoms with van der Waals surface area (Å²) in [5.41, 5.74) is 0.173. The predicted molar refractivity (Wildman–Crippen MR) is 72.4 cm³/mol. The van der Waals surface area contributed by atoms with Gasteiger partial charge in [-0.25, -0.2) is 0 Å². The lowest BCUT2D eigenvalue weighted by atomic mass is 10.1. The summed E-state index contributed by atoms with van der Waals surface area (Å²) in [6, 6.07) is 9.66. The molecule has 2 aromatic rings. The van der Waals surface area contributed by atoms with Gasteiger partial charge in [0.15, 0.2) is 5.82 Å². The van der Waals surface area contributed by atoms with Crippen LogP contribution in [0, 0.1) is 0 Å². The average Bonchev–Trinajstić information content (AvgIpc) is 2.76. The van der Waals surface area contributed by atoms with Crippen LogP contribution in [0.25, 0.3) is 11.5 Å². The number of hydrogen-bond acceptors (Lipinski definition) is 5. The van der Waals surface area contributed by atoms with Crippen molar-refractivity contribution in [2.24, 2.45) is 0 Å². The molecular formula is C14H19N3O2. The quantitative estimate of drug-likeness (QED) is 0.891. The Bertz CT molecular complexity index is 517. The molecule has 0 atom stereocenters. The van der Waals surface area contributed by atoms with Crippen LogP contribution in [0.15, 0.2) is 34.9 Å². The Morgan fingerprint density at radius 3 is 2.58 bits per heavy atom. The van der Waals surface area contributed by atoms with Crippen LogP contribution >= 0.6 is 0 Å². The van der Waals surface area contributed by atoms with Gasteiger partial charge in [0, 0.05) is 12.1 Å². The fraction of sp³-hybridized carbons (Fsp3) is 0.429. The maximum absolute atomic E-state index is 9.74. The van der Waals surface area contributed by atoms with Crippen LogP contribution in [-0.4, -0.2) is 39.3 Å². The fourth-order valence-electron chi connectivity index (χ4n) is 1.97. The third kappa shape index (κ3) is 4.15. The van der Waals surface area contributed by atoms with Gasteiger partial charge in [-0.1, -0.05) is 23.4 Å². The molecule has 1 aromatic heterocycles. The Labute approximate surface area is 112 Å². The van der Waals surface area contributed by atoms with Gasteiger partial charge in [0.25, 0.3) is 5.89 Å². The molecule has 0 aliphatic rings. The van der Waals surface area contributed by atoms with Gasteiger partial charge in [-0.15, -0.1) is 0 Å². The van der Waals surface area contributed by atoms with Gasteiger partial charge in [0.1, 0.15) is 0 Å². The van der Waals surface area contributed by atoms with E-state index in [4.69, 9.17) is 4.52 Å². The van der Waals surface area contributed by atoms with Crippen molar-refractivity contribution in [1.29, 1.82) is 0 Å². The van der Waals surface area contributed by atoms with Crippen molar-refractivity contribution in [2.75, 3.05) is 13.6 Å². The van der Waals surface area contributed by atoms with E-state index in [0.717, 1.165) is 5.56 Å². The lowest BCUT2D eigenvalue weighted by Gasteiger charge is -2.24. The van der Waals surface area contributed by atoms with Crippen molar-refractivity contribution in [2.45, 2.75) is 26.0 Å². The largest absolute Gasteiger partial charge is 0.389 e. The molecular weight excluding hydrogens is 242 g/mol. The highest BCUT2D eigenvalue weighted by Crippen LogP contribution is 2.16. The van der Waals surface area contributed by atoms with E-state index in [1.807, 2.05) is 42.3 Å². The van der Waals surface area contributed by atoms with Crippen molar-refractivity contribution in [3.8, 4) is 11.5 Å². The van der Waals surface area contributed by atoms with E-state index < -0.39 is 5.60 Å². The van der Waals surface area contributed by atoms with Crippen LogP contribution in [-0.2, 0) is 6.54 Å². The summed E-state index contributed by atoms with van der Waals surface area (Å²) in [5, 5.41) is 13.7. The molecule has 1 aromatic carbocycles. The summed E-state index contributed by atoms with van der Waals surface area (Å²) >= 11 is 0. The second-order valence-electron chi connectivity index (χ2n) is 5.37. The third-order valence-corrected chi connectivity index (χ3v) is 2.56. The minimum atomic E-state index is -0.735. The summed E-state index contributed by atoms with van der Waals surface area (Å²) < 4.78 is 5.23. The first kappa shape index (κ1) is 13.7. The highest BCUT2D eigenvalue weighted by Gasteiger charge is 2.17. The maximum Gasteiger partial charge on any atom is 0.257 e. The second-order valence-corrected chi connectivity index (χ2v) is 5.37. The predicted octanol–water partition coefficient (Wildman–Crippen LogP) is 1.94. The van der Waals surface area contributed by atoms with Gasteiger partial charge < -0.3 is 9.63 Å². The standard InChI is InChI=1S/C14H19N3O2/c1-14(2,18)10-17(3)9-12-15-13(19-16-12)11-7-5-4-6-8-11/h4-8,18H,9-10H2,1-3H3. The smallest absolute Gasteiger partial charge is 0.257 e. The molecule has 102 valence electrons. The fourth-order valence-corrected chi connectivity index (χ4v) is 1.97. The lowest BCUT2D eigenvalue weighted by molar-refractivity contribution is 0.0416. The molecule has 2 rings (SSSR count). The Morgan fingerprint density at radius 2 is 1.95 bits per heavy atom. The SMILES string of the molecule is CN(Cc1noc(-c2ccccc2)n1)CC(C)(C)O. The summed E-state index contributed by atoms with van der Waals surface area (Å²) in [5.74, 6) is 1.14. The zero-order chi connectivity index (χ0) is 13.9. The molecule has 0 radical (unpaired) electrons. The molecule has 0 aliphatic carbocycles. The monoisotopic (exact) mass is 261 g/mol. The molecule has 0 unspecified atom stereocenters. The van der Waals surface area contributed by atoms with E-state index in [-0.39, 0.29) is 0 Å². The topological polar surface area (TPSA) is 62.4 Å². The van der Waals surface area contributed by atoms with Crippen LogP contribution in [0.1, 0.15) is 19.7 Å². The lowest BCUT2D eigenvalue weighted by Crippen LogP contribution is -2.36. The number of nitrogens with zero attached hydrogens (tertiary/aromatic N) is 3. The van der Waals surface area contributed by atoms with Gasteiger partial charge in [0.2, 0.25) is 0 Å². The van der Waals surface area contributed by atoms with Crippen molar-refractivity contribution >= 4 is 0 Å². The highest BCUT2D eigenvalue weighted by molar-refractivity contribution is 5.51. The Hall–Kier alpha value is -1.72. The van der Waals surface area contributed by atoms with Gasteiger partial charge in [-0.2, -0.15) is 4.98 Å². The summed E-state index contributed by atoms with van der Waals surface area (Å²) in [7, 11) is 1.91. The molecule has 5 nitrogen and oxygen atoms in total. The van der Waals surface area contributed by atoms with Gasteiger partial charge >= 0.3 is 0 Å². The Kier molecular flexibility index (Phi) is 3.97. The number of likely N-dealkylation sites (N-methyl/N-ethyl adjacent to an activating group) is 1. The number of hydrogen-bond donors (Lipinski definition) is 1. The number of benzene rings is 1.